The van der Waals surface area contributed by atoms with Crippen LogP contribution in [-0.4, -0.2) is 39.9 Å². The van der Waals surface area contributed by atoms with Crippen molar-refractivity contribution in [3.05, 3.63) is 162 Å². The van der Waals surface area contributed by atoms with E-state index in [0.717, 1.165) is 204 Å². The highest BCUT2D eigenvalue weighted by atomic mass is 14.8. The van der Waals surface area contributed by atoms with E-state index in [0.29, 0.717) is 0 Å². The molecule has 448 valence electrons. The zero-order valence-corrected chi connectivity index (χ0v) is 55.0. The lowest BCUT2D eigenvalue weighted by Crippen LogP contribution is -1.92. The lowest BCUT2D eigenvalue weighted by atomic mass is 9.95. The molecule has 8 nitrogen and oxygen atoms in total. The summed E-state index contributed by atoms with van der Waals surface area (Å²) >= 11 is 0. The van der Waals surface area contributed by atoms with Crippen LogP contribution in [0.2, 0.25) is 0 Å². The third kappa shape index (κ3) is 10.7. The molecular formula is C78H96N8. The van der Waals surface area contributed by atoms with Gasteiger partial charge in [-0.3, -0.25) is 0 Å². The number of aryl methyl sites for hydroxylation is 8. The minimum atomic E-state index is 0.875. The van der Waals surface area contributed by atoms with Crippen molar-refractivity contribution in [3.8, 4) is 0 Å². The average molecular weight is 1150 g/mol. The average Bonchev–Trinajstić information content (AvgIpc) is 2.13. The van der Waals surface area contributed by atoms with E-state index in [-0.39, 0.29) is 0 Å². The maximum atomic E-state index is 5.74. The molecule has 10 heterocycles. The Morgan fingerprint density at radius 3 is 0.709 bits per heavy atom. The van der Waals surface area contributed by atoms with E-state index in [2.05, 4.69) is 204 Å². The van der Waals surface area contributed by atoms with Crippen LogP contribution >= 0.6 is 0 Å². The lowest BCUT2D eigenvalue weighted by molar-refractivity contribution is 1.07. The maximum absolute atomic E-state index is 5.74. The standard InChI is InChI=1S/C78H96N8/c1-17-45-49(21-5)67-41-71-53(25-9)57(29-13)75(83-71)61(76-58(30-14)54(26-10)72(84-76)42-68-50(22-6)46(18-2)64(80-68)39-63(45)79-67)37-35-33-34-36-38-62-77-59(31-15)55(27-11)73(85-77)43-69-51(23-7)47(19-3)65(81-69)40-66-48(20-4)52(24-8)70(82-66)44-74-56(28-12)60(32-16)78(62)86-74/h33-44,79,81,84,86H,17-32H2,1-16H3/b34-33+,37-35+,38-36+,63-39?,64-39?,65-40?,66-40?,67-41?,68-42?,69-43?,70-44?,71-41?,72-42?,73-43?,74-44?,75-61?,76-61?,77-62?,78-62?. The van der Waals surface area contributed by atoms with Crippen molar-refractivity contribution < 1.29 is 0 Å². The van der Waals surface area contributed by atoms with Crippen molar-refractivity contribution in [1.29, 1.82) is 0 Å². The molecule has 0 radical (unpaired) electrons. The molecule has 4 aliphatic heterocycles. The lowest BCUT2D eigenvalue weighted by Gasteiger charge is -2.07. The molecule has 4 N–H and O–H groups in total. The van der Waals surface area contributed by atoms with Crippen molar-refractivity contribution in [1.82, 2.24) is 39.9 Å². The minimum Gasteiger partial charge on any atom is -0.355 e. The van der Waals surface area contributed by atoms with Gasteiger partial charge in [0.25, 0.3) is 0 Å². The van der Waals surface area contributed by atoms with Gasteiger partial charge in [-0.1, -0.05) is 147 Å². The fourth-order valence-corrected chi connectivity index (χ4v) is 15.2. The molecule has 0 saturated heterocycles. The largest absolute Gasteiger partial charge is 0.355 e. The highest BCUT2D eigenvalue weighted by Gasteiger charge is 2.27. The van der Waals surface area contributed by atoms with Crippen molar-refractivity contribution >= 4 is 101 Å². The predicted molar refractivity (Wildman–Crippen MR) is 374 cm³/mol. The van der Waals surface area contributed by atoms with Crippen LogP contribution < -0.4 is 0 Å². The van der Waals surface area contributed by atoms with Crippen LogP contribution in [0.15, 0.2) is 60.7 Å². The number of H-pyrrole nitrogens is 4. The third-order valence-electron chi connectivity index (χ3n) is 19.2. The Hall–Kier alpha value is -7.58. The van der Waals surface area contributed by atoms with Crippen LogP contribution in [0.1, 0.15) is 263 Å². The Balaban J connectivity index is 1.24. The number of nitrogens with one attached hydrogen (secondary N) is 4. The quantitative estimate of drug-likeness (QED) is 0.0570. The second kappa shape index (κ2) is 26.6. The Bertz CT molecular complexity index is 3960. The van der Waals surface area contributed by atoms with Gasteiger partial charge in [0.1, 0.15) is 0 Å². The second-order valence-corrected chi connectivity index (χ2v) is 23.3. The zero-order valence-electron chi connectivity index (χ0n) is 55.0. The number of rotatable bonds is 20. The number of aromatic nitrogens is 8. The molecule has 0 amide bonds. The summed E-state index contributed by atoms with van der Waals surface area (Å²) in [6, 6.07) is 14.1. The van der Waals surface area contributed by atoms with Crippen molar-refractivity contribution in [2.45, 2.75) is 214 Å². The van der Waals surface area contributed by atoms with Gasteiger partial charge in [0.05, 0.1) is 56.6 Å². The number of aromatic amines is 4. The molecule has 6 aromatic heterocycles. The first-order valence-electron chi connectivity index (χ1n) is 33.5. The predicted octanol–water partition coefficient (Wildman–Crippen LogP) is 21.6. The molecule has 16 bridgehead atoms. The summed E-state index contributed by atoms with van der Waals surface area (Å²) in [6.07, 6.45) is 28.0. The summed E-state index contributed by atoms with van der Waals surface area (Å²) in [6.45, 7) is 36.6. The molecule has 0 saturated carbocycles. The Morgan fingerprint density at radius 2 is 0.465 bits per heavy atom. The molecule has 6 aromatic rings. The summed E-state index contributed by atoms with van der Waals surface area (Å²) in [7, 11) is 0. The SMILES string of the molecule is CCC1=C(CC)c2cc3[nH]c(c(/C=C/C=C/C=C/c4c5nc(cc6[nH]c(cc7nc(cc8[nH]c4c(CC)c8CC)C(CC)=C7CC)c(CC)c6CC)C(CC)=C5CC)c4nc(cc5[nH]c(cc1n2)c(CC)c5CC)C(CC)=C4CC)c(CC)c3CC. The number of hydrogen-bond acceptors (Lipinski definition) is 4. The van der Waals surface area contributed by atoms with Gasteiger partial charge in [0.15, 0.2) is 0 Å². The van der Waals surface area contributed by atoms with Crippen LogP contribution in [0.25, 0.3) is 101 Å². The van der Waals surface area contributed by atoms with E-state index in [1.165, 1.54) is 89.1 Å². The summed E-state index contributed by atoms with van der Waals surface area (Å²) in [5.41, 5.74) is 41.4. The molecule has 0 fully saturated rings. The fraction of sp³-hybridized carbons (Fsp3) is 0.410. The van der Waals surface area contributed by atoms with E-state index < -0.39 is 0 Å². The fourth-order valence-electron chi connectivity index (χ4n) is 15.2. The van der Waals surface area contributed by atoms with E-state index in [4.69, 9.17) is 19.9 Å². The van der Waals surface area contributed by atoms with E-state index in [1.54, 1.807) is 0 Å². The summed E-state index contributed by atoms with van der Waals surface area (Å²) in [5, 5.41) is 0. The molecule has 0 unspecified atom stereocenters. The van der Waals surface area contributed by atoms with Crippen LogP contribution in [0.4, 0.5) is 0 Å². The summed E-state index contributed by atoms with van der Waals surface area (Å²) in [4.78, 5) is 38.5. The smallest absolute Gasteiger partial charge is 0.0765 e. The van der Waals surface area contributed by atoms with Crippen molar-refractivity contribution in [2.24, 2.45) is 0 Å². The molecule has 8 heteroatoms. The van der Waals surface area contributed by atoms with Gasteiger partial charge in [-0.25, -0.2) is 19.9 Å². The topological polar surface area (TPSA) is 115 Å². The van der Waals surface area contributed by atoms with E-state index >= 15 is 0 Å². The summed E-state index contributed by atoms with van der Waals surface area (Å²) in [5.74, 6) is 0. The molecule has 4 aliphatic rings. The number of fused-ring (bicyclic) bond motifs is 16. The molecule has 86 heavy (non-hydrogen) atoms. The first-order valence-corrected chi connectivity index (χ1v) is 33.5. The maximum Gasteiger partial charge on any atom is 0.0765 e. The van der Waals surface area contributed by atoms with Crippen LogP contribution in [0, 0.1) is 0 Å². The van der Waals surface area contributed by atoms with Gasteiger partial charge in [-0.2, -0.15) is 0 Å². The minimum absolute atomic E-state index is 0.875. The second-order valence-electron chi connectivity index (χ2n) is 23.3. The van der Waals surface area contributed by atoms with Crippen LogP contribution in [-0.2, 0) is 51.4 Å². The summed E-state index contributed by atoms with van der Waals surface area (Å²) < 4.78 is 0. The molecule has 0 spiro atoms. The number of hydrogen-bond donors (Lipinski definition) is 4. The van der Waals surface area contributed by atoms with E-state index in [1.807, 2.05) is 0 Å². The monoisotopic (exact) mass is 1140 g/mol. The van der Waals surface area contributed by atoms with Gasteiger partial charge >= 0.3 is 0 Å². The van der Waals surface area contributed by atoms with Crippen LogP contribution in [0.5, 0.6) is 0 Å². The molecule has 10 rings (SSSR count). The highest BCUT2D eigenvalue weighted by Crippen LogP contribution is 2.44. The van der Waals surface area contributed by atoms with E-state index in [9.17, 15) is 0 Å². The van der Waals surface area contributed by atoms with Gasteiger partial charge in [-0.05, 0) is 228 Å². The van der Waals surface area contributed by atoms with Gasteiger partial charge in [0, 0.05) is 44.2 Å². The van der Waals surface area contributed by atoms with Gasteiger partial charge in [0.2, 0.25) is 0 Å². The van der Waals surface area contributed by atoms with Crippen molar-refractivity contribution in [3.63, 3.8) is 0 Å². The number of allylic oxidation sites excluding steroid dienone is 12. The molecule has 0 aromatic carbocycles. The Morgan fingerprint density at radius 1 is 0.244 bits per heavy atom. The zero-order chi connectivity index (χ0) is 61.1. The molecule has 0 atom stereocenters. The number of nitrogens with zero attached hydrogens (tertiary/aromatic N) is 4. The van der Waals surface area contributed by atoms with Gasteiger partial charge in [-0.15, -0.1) is 0 Å². The normalized spacial score (nSPS) is 14.0. The first-order chi connectivity index (χ1) is 41.9. The molecular weight excluding hydrogens is 1050 g/mol. The van der Waals surface area contributed by atoms with Crippen molar-refractivity contribution in [2.75, 3.05) is 0 Å². The highest BCUT2D eigenvalue weighted by molar-refractivity contribution is 6.01. The molecule has 0 aliphatic carbocycles. The van der Waals surface area contributed by atoms with Crippen LogP contribution in [0.3, 0.4) is 0 Å². The third-order valence-corrected chi connectivity index (χ3v) is 19.2. The van der Waals surface area contributed by atoms with Gasteiger partial charge < -0.3 is 19.9 Å². The Kier molecular flexibility index (Phi) is 19.0. The Labute approximate surface area is 513 Å². The first kappa shape index (κ1) is 61.5.